The van der Waals surface area contributed by atoms with Crippen molar-refractivity contribution < 1.29 is 14.6 Å². The van der Waals surface area contributed by atoms with Crippen molar-refractivity contribution in [2.45, 2.75) is 59.3 Å². The molecule has 2 aliphatic rings. The van der Waals surface area contributed by atoms with E-state index in [4.69, 9.17) is 15.5 Å². The van der Waals surface area contributed by atoms with Crippen molar-refractivity contribution in [1.29, 1.82) is 0 Å². The zero-order chi connectivity index (χ0) is 22.3. The Labute approximate surface area is 180 Å². The lowest BCUT2D eigenvalue weighted by Gasteiger charge is -2.21. The van der Waals surface area contributed by atoms with Crippen LogP contribution in [0.4, 0.5) is 5.69 Å². The summed E-state index contributed by atoms with van der Waals surface area (Å²) in [4.78, 5) is 29.7. The number of nitrogen functional groups attached to an aromatic ring is 1. The van der Waals surface area contributed by atoms with E-state index in [0.29, 0.717) is 29.1 Å². The van der Waals surface area contributed by atoms with Gasteiger partial charge >= 0.3 is 5.97 Å². The average Bonchev–Trinajstić information content (AvgIpc) is 3.14. The summed E-state index contributed by atoms with van der Waals surface area (Å²) in [6.07, 6.45) is 1.49. The third-order valence-electron chi connectivity index (χ3n) is 5.88. The second-order valence-electron chi connectivity index (χ2n) is 7.66. The Hall–Kier alpha value is -3.19. The standard InChI is InChI=1S/C22H21N3O4.C2H6/c1-2-3-4-12-13-7-11(23)5-6-17(13)24-19-15(12)9-25-18(19)8-14-16(21(25)27)10-29-22(28)20(14)26;1-2/h5-8,20,26H,2-4,9-10,23H2,1H3;1-2H3/t20-;/m0./s1. The Bertz CT molecular complexity index is 1250. The van der Waals surface area contributed by atoms with Gasteiger partial charge in [0.05, 0.1) is 29.0 Å². The highest BCUT2D eigenvalue weighted by Gasteiger charge is 2.34. The van der Waals surface area contributed by atoms with Crippen LogP contribution in [0.25, 0.3) is 22.3 Å². The van der Waals surface area contributed by atoms with E-state index in [-0.39, 0.29) is 12.2 Å². The number of carbonyl (C=O) groups excluding carboxylic acids is 1. The fraction of sp³-hybridized carbons (Fsp3) is 0.375. The maximum Gasteiger partial charge on any atom is 0.340 e. The molecule has 1 aromatic carbocycles. The first kappa shape index (κ1) is 21.1. The Kier molecular flexibility index (Phi) is 5.54. The largest absolute Gasteiger partial charge is 0.458 e. The number of rotatable bonds is 3. The maximum atomic E-state index is 13.1. The normalized spacial score (nSPS) is 16.1. The number of unbranched alkanes of at least 4 members (excludes halogenated alkanes) is 1. The summed E-state index contributed by atoms with van der Waals surface area (Å²) in [6, 6.07) is 7.37. The molecule has 0 amide bonds. The lowest BCUT2D eigenvalue weighted by molar-refractivity contribution is -0.157. The molecule has 3 N–H and O–H groups in total. The molecule has 7 nitrogen and oxygen atoms in total. The molecule has 0 spiro atoms. The Balaban J connectivity index is 0.00000112. The molecular weight excluding hydrogens is 394 g/mol. The van der Waals surface area contributed by atoms with Gasteiger partial charge in [0.2, 0.25) is 0 Å². The summed E-state index contributed by atoms with van der Waals surface area (Å²) >= 11 is 0. The number of benzene rings is 1. The average molecular weight is 421 g/mol. The van der Waals surface area contributed by atoms with Gasteiger partial charge < -0.3 is 20.1 Å². The monoisotopic (exact) mass is 421 g/mol. The number of nitrogens with two attached hydrogens (primary N) is 1. The van der Waals surface area contributed by atoms with Crippen LogP contribution in [0, 0.1) is 0 Å². The number of aromatic nitrogens is 2. The molecule has 5 rings (SSSR count). The molecule has 162 valence electrons. The third-order valence-corrected chi connectivity index (χ3v) is 5.88. The van der Waals surface area contributed by atoms with Gasteiger partial charge in [-0.05, 0) is 42.7 Å². The van der Waals surface area contributed by atoms with Crippen LogP contribution in [0.3, 0.4) is 0 Å². The van der Waals surface area contributed by atoms with Crippen LogP contribution < -0.4 is 11.3 Å². The van der Waals surface area contributed by atoms with E-state index in [9.17, 15) is 14.7 Å². The summed E-state index contributed by atoms with van der Waals surface area (Å²) in [5.74, 6) is -0.731. The maximum absolute atomic E-state index is 13.1. The van der Waals surface area contributed by atoms with Crippen LogP contribution >= 0.6 is 0 Å². The van der Waals surface area contributed by atoms with Crippen molar-refractivity contribution in [3.63, 3.8) is 0 Å². The van der Waals surface area contributed by atoms with E-state index in [2.05, 4.69) is 6.92 Å². The number of pyridine rings is 2. The number of carbonyl (C=O) groups is 1. The van der Waals surface area contributed by atoms with Crippen LogP contribution in [0.2, 0.25) is 0 Å². The van der Waals surface area contributed by atoms with Crippen molar-refractivity contribution in [1.82, 2.24) is 9.55 Å². The van der Waals surface area contributed by atoms with Crippen molar-refractivity contribution in [2.75, 3.05) is 5.73 Å². The van der Waals surface area contributed by atoms with Gasteiger partial charge in [0.1, 0.15) is 6.61 Å². The van der Waals surface area contributed by atoms with Gasteiger partial charge in [-0.1, -0.05) is 27.2 Å². The van der Waals surface area contributed by atoms with E-state index in [0.717, 1.165) is 47.0 Å². The van der Waals surface area contributed by atoms with Crippen LogP contribution in [0.1, 0.15) is 62.0 Å². The molecule has 0 saturated carbocycles. The van der Waals surface area contributed by atoms with E-state index in [1.165, 1.54) is 0 Å². The highest BCUT2D eigenvalue weighted by atomic mass is 16.5. The molecule has 1 atom stereocenters. The quantitative estimate of drug-likeness (QED) is 0.387. The fourth-order valence-corrected chi connectivity index (χ4v) is 4.37. The Morgan fingerprint density at radius 3 is 2.74 bits per heavy atom. The summed E-state index contributed by atoms with van der Waals surface area (Å²) in [7, 11) is 0. The number of hydrogen-bond donors (Lipinski definition) is 2. The van der Waals surface area contributed by atoms with Gasteiger partial charge in [-0.2, -0.15) is 0 Å². The topological polar surface area (TPSA) is 107 Å². The van der Waals surface area contributed by atoms with E-state index in [1.807, 2.05) is 32.0 Å². The van der Waals surface area contributed by atoms with Gasteiger partial charge in [0.25, 0.3) is 5.56 Å². The fourth-order valence-electron chi connectivity index (χ4n) is 4.37. The number of anilines is 1. The number of aliphatic hydroxyl groups is 1. The van der Waals surface area contributed by atoms with Crippen molar-refractivity contribution in [3.05, 3.63) is 56.9 Å². The molecule has 0 fully saturated rings. The van der Waals surface area contributed by atoms with Crippen molar-refractivity contribution >= 4 is 22.6 Å². The Morgan fingerprint density at radius 1 is 1.23 bits per heavy atom. The molecule has 7 heteroatoms. The number of hydrogen-bond acceptors (Lipinski definition) is 6. The highest BCUT2D eigenvalue weighted by Crippen LogP contribution is 2.38. The lowest BCUT2D eigenvalue weighted by Crippen LogP contribution is -2.32. The number of cyclic esters (lactones) is 1. The summed E-state index contributed by atoms with van der Waals surface area (Å²) < 4.78 is 6.62. The summed E-state index contributed by atoms with van der Waals surface area (Å²) in [5.41, 5.74) is 11.5. The zero-order valence-corrected chi connectivity index (χ0v) is 18.1. The van der Waals surface area contributed by atoms with E-state index < -0.39 is 12.1 Å². The molecule has 4 heterocycles. The number of aliphatic hydroxyl groups excluding tert-OH is 1. The predicted octanol–water partition coefficient (Wildman–Crippen LogP) is 3.47. The van der Waals surface area contributed by atoms with Crippen molar-refractivity contribution in [2.24, 2.45) is 0 Å². The van der Waals surface area contributed by atoms with Gasteiger partial charge in [0, 0.05) is 22.2 Å². The number of ether oxygens (including phenoxy) is 1. The van der Waals surface area contributed by atoms with Gasteiger partial charge in [-0.3, -0.25) is 4.79 Å². The van der Waals surface area contributed by atoms with Crippen LogP contribution in [0.5, 0.6) is 0 Å². The van der Waals surface area contributed by atoms with Crippen LogP contribution in [0.15, 0.2) is 29.1 Å². The van der Waals surface area contributed by atoms with E-state index in [1.54, 1.807) is 10.6 Å². The molecule has 0 aliphatic carbocycles. The van der Waals surface area contributed by atoms with Crippen LogP contribution in [-0.2, 0) is 29.1 Å². The predicted molar refractivity (Wildman–Crippen MR) is 120 cm³/mol. The summed E-state index contributed by atoms with van der Waals surface area (Å²) in [6.45, 7) is 6.44. The second kappa shape index (κ2) is 8.15. The van der Waals surface area contributed by atoms with Gasteiger partial charge in [-0.25, -0.2) is 9.78 Å². The molecule has 0 unspecified atom stereocenters. The third kappa shape index (κ3) is 3.29. The SMILES string of the molecule is CC.CCCCc1c2c(nc3ccc(N)cc13)-c1cc3c(c(=O)n1C2)COC(=O)[C@H]3O. The zero-order valence-electron chi connectivity index (χ0n) is 18.1. The number of fused-ring (bicyclic) bond motifs is 5. The minimum Gasteiger partial charge on any atom is -0.458 e. The van der Waals surface area contributed by atoms with Gasteiger partial charge in [-0.15, -0.1) is 0 Å². The molecule has 0 saturated heterocycles. The molecule has 2 aromatic heterocycles. The van der Waals surface area contributed by atoms with Gasteiger partial charge in [0.15, 0.2) is 6.10 Å². The van der Waals surface area contributed by atoms with Crippen LogP contribution in [-0.4, -0.2) is 20.6 Å². The lowest BCUT2D eigenvalue weighted by atomic mass is 9.95. The minimum atomic E-state index is -1.44. The second-order valence-corrected chi connectivity index (χ2v) is 7.66. The van der Waals surface area contributed by atoms with Crippen molar-refractivity contribution in [3.8, 4) is 11.4 Å². The molecule has 0 radical (unpaired) electrons. The highest BCUT2D eigenvalue weighted by molar-refractivity contribution is 5.90. The minimum absolute atomic E-state index is 0.116. The molecule has 3 aromatic rings. The van der Waals surface area contributed by atoms with E-state index >= 15 is 0 Å². The molecular formula is C24H27N3O4. The smallest absolute Gasteiger partial charge is 0.340 e. The number of nitrogens with zero attached hydrogens (tertiary/aromatic N) is 2. The first-order valence-corrected chi connectivity index (χ1v) is 10.8. The summed E-state index contributed by atoms with van der Waals surface area (Å²) in [5, 5.41) is 11.3. The first-order valence-electron chi connectivity index (χ1n) is 10.8. The number of esters is 1. The molecule has 31 heavy (non-hydrogen) atoms. The Morgan fingerprint density at radius 2 is 2.00 bits per heavy atom. The first-order chi connectivity index (χ1) is 15.0. The number of aryl methyl sites for hydroxylation is 1. The molecule has 2 aliphatic heterocycles. The molecule has 0 bridgehead atoms.